The van der Waals surface area contributed by atoms with Gasteiger partial charge in [-0.2, -0.15) is 0 Å². The molecule has 18 heavy (non-hydrogen) atoms. The lowest BCUT2D eigenvalue weighted by Gasteiger charge is -2.07. The molecule has 1 aromatic carbocycles. The Morgan fingerprint density at radius 2 is 2.17 bits per heavy atom. The Kier molecular flexibility index (Phi) is 5.15. The first-order chi connectivity index (χ1) is 8.42. The van der Waals surface area contributed by atoms with Crippen molar-refractivity contribution in [3.8, 4) is 5.75 Å². The van der Waals surface area contributed by atoms with E-state index in [1.54, 1.807) is 31.2 Å². The Hall–Kier alpha value is -1.56. The van der Waals surface area contributed by atoms with Gasteiger partial charge in [0.15, 0.2) is 0 Å². The number of nitrogens with zero attached hydrogens (tertiary/aromatic N) is 1. The lowest BCUT2D eigenvalue weighted by Crippen LogP contribution is -2.08. The summed E-state index contributed by atoms with van der Waals surface area (Å²) in [6.45, 7) is 2.02. The predicted octanol–water partition coefficient (Wildman–Crippen LogP) is 1.70. The summed E-state index contributed by atoms with van der Waals surface area (Å²) in [6, 6.07) is 7.11. The topological polar surface area (TPSA) is 76.0 Å². The molecule has 0 radical (unpaired) electrons. The van der Waals surface area contributed by atoms with Gasteiger partial charge in [-0.05, 0) is 25.5 Å². The van der Waals surface area contributed by atoms with E-state index in [1.165, 1.54) is 6.26 Å². The highest BCUT2D eigenvalue weighted by Crippen LogP contribution is 2.14. The molecule has 0 aliphatic heterocycles. The molecule has 0 aromatic heterocycles. The monoisotopic (exact) mass is 271 g/mol. The minimum atomic E-state index is -2.94. The highest BCUT2D eigenvalue weighted by molar-refractivity contribution is 7.90. The number of hydrogen-bond donors (Lipinski definition) is 1. The number of rotatable bonds is 6. The summed E-state index contributed by atoms with van der Waals surface area (Å²) in [4.78, 5) is 0. The van der Waals surface area contributed by atoms with Gasteiger partial charge in [-0.3, -0.25) is 0 Å². The second kappa shape index (κ2) is 6.39. The SMILES string of the molecule is CC(=NO)c1cccc(OCCCS(C)(=O)=O)c1. The fraction of sp³-hybridized carbons (Fsp3) is 0.417. The third-order valence-corrected chi connectivity index (χ3v) is 3.36. The molecule has 100 valence electrons. The highest BCUT2D eigenvalue weighted by Gasteiger charge is 2.03. The smallest absolute Gasteiger partial charge is 0.147 e. The average Bonchev–Trinajstić information content (AvgIpc) is 2.33. The van der Waals surface area contributed by atoms with Crippen LogP contribution < -0.4 is 4.74 Å². The normalized spacial score (nSPS) is 12.4. The molecule has 1 N–H and O–H groups in total. The van der Waals surface area contributed by atoms with Crippen molar-refractivity contribution in [2.45, 2.75) is 13.3 Å². The molecule has 0 fully saturated rings. The van der Waals surface area contributed by atoms with E-state index in [4.69, 9.17) is 9.94 Å². The zero-order valence-electron chi connectivity index (χ0n) is 10.5. The number of ether oxygens (including phenoxy) is 1. The van der Waals surface area contributed by atoms with E-state index in [2.05, 4.69) is 5.16 Å². The molecule has 0 atom stereocenters. The highest BCUT2D eigenvalue weighted by atomic mass is 32.2. The van der Waals surface area contributed by atoms with Crippen LogP contribution in [0.4, 0.5) is 0 Å². The second-order valence-electron chi connectivity index (χ2n) is 4.05. The van der Waals surface area contributed by atoms with E-state index in [-0.39, 0.29) is 5.75 Å². The summed E-state index contributed by atoms with van der Waals surface area (Å²) in [5.74, 6) is 0.744. The van der Waals surface area contributed by atoms with Crippen LogP contribution in [-0.2, 0) is 9.84 Å². The number of hydrogen-bond acceptors (Lipinski definition) is 5. The van der Waals surface area contributed by atoms with Crippen LogP contribution in [0.15, 0.2) is 29.4 Å². The molecule has 0 unspecified atom stereocenters. The predicted molar refractivity (Wildman–Crippen MR) is 70.3 cm³/mol. The molecule has 0 spiro atoms. The third-order valence-electron chi connectivity index (χ3n) is 2.33. The Labute approximate surface area is 107 Å². The van der Waals surface area contributed by atoms with Gasteiger partial charge in [-0.15, -0.1) is 0 Å². The van der Waals surface area contributed by atoms with Crippen LogP contribution in [0.2, 0.25) is 0 Å². The van der Waals surface area contributed by atoms with Crippen molar-refractivity contribution < 1.29 is 18.4 Å². The first-order valence-corrected chi connectivity index (χ1v) is 7.58. The minimum absolute atomic E-state index is 0.115. The van der Waals surface area contributed by atoms with Crippen LogP contribution in [-0.4, -0.2) is 38.0 Å². The molecule has 0 bridgehead atoms. The van der Waals surface area contributed by atoms with E-state index in [9.17, 15) is 8.42 Å². The van der Waals surface area contributed by atoms with Crippen LogP contribution in [0.1, 0.15) is 18.9 Å². The van der Waals surface area contributed by atoms with Crippen molar-refractivity contribution >= 4 is 15.5 Å². The molecule has 0 saturated heterocycles. The number of oxime groups is 1. The largest absolute Gasteiger partial charge is 0.494 e. The van der Waals surface area contributed by atoms with Gasteiger partial charge in [0, 0.05) is 11.8 Å². The molecule has 5 nitrogen and oxygen atoms in total. The van der Waals surface area contributed by atoms with Crippen molar-refractivity contribution in [2.24, 2.45) is 5.16 Å². The van der Waals surface area contributed by atoms with Gasteiger partial charge >= 0.3 is 0 Å². The van der Waals surface area contributed by atoms with Crippen molar-refractivity contribution in [1.82, 2.24) is 0 Å². The summed E-state index contributed by atoms with van der Waals surface area (Å²) in [7, 11) is -2.94. The number of benzene rings is 1. The van der Waals surface area contributed by atoms with Gasteiger partial charge in [-0.25, -0.2) is 8.42 Å². The van der Waals surface area contributed by atoms with Gasteiger partial charge in [0.1, 0.15) is 15.6 Å². The van der Waals surface area contributed by atoms with E-state index in [1.807, 2.05) is 0 Å². The van der Waals surface area contributed by atoms with E-state index >= 15 is 0 Å². The van der Waals surface area contributed by atoms with Gasteiger partial charge in [0.05, 0.1) is 18.1 Å². The van der Waals surface area contributed by atoms with Crippen molar-refractivity contribution in [2.75, 3.05) is 18.6 Å². The minimum Gasteiger partial charge on any atom is -0.494 e. The maximum atomic E-state index is 10.9. The lowest BCUT2D eigenvalue weighted by molar-refractivity contribution is 0.316. The zero-order valence-corrected chi connectivity index (χ0v) is 11.3. The van der Waals surface area contributed by atoms with Crippen molar-refractivity contribution in [3.63, 3.8) is 0 Å². The molecule has 0 saturated carbocycles. The fourth-order valence-corrected chi connectivity index (χ4v) is 2.02. The van der Waals surface area contributed by atoms with Crippen molar-refractivity contribution in [3.05, 3.63) is 29.8 Å². The zero-order chi connectivity index (χ0) is 13.6. The Morgan fingerprint density at radius 3 is 2.78 bits per heavy atom. The van der Waals surface area contributed by atoms with Gasteiger partial charge < -0.3 is 9.94 Å². The van der Waals surface area contributed by atoms with Crippen LogP contribution in [0, 0.1) is 0 Å². The molecular formula is C12H17NO4S. The summed E-state index contributed by atoms with van der Waals surface area (Å²) in [6.07, 6.45) is 1.66. The van der Waals surface area contributed by atoms with E-state index in [0.29, 0.717) is 24.5 Å². The third kappa shape index (κ3) is 5.18. The molecule has 1 aromatic rings. The van der Waals surface area contributed by atoms with Gasteiger partial charge in [0.2, 0.25) is 0 Å². The summed E-state index contributed by atoms with van der Waals surface area (Å²) >= 11 is 0. The molecule has 0 amide bonds. The number of sulfone groups is 1. The second-order valence-corrected chi connectivity index (χ2v) is 6.30. The molecular weight excluding hydrogens is 254 g/mol. The fourth-order valence-electron chi connectivity index (χ4n) is 1.38. The standard InChI is InChI=1S/C12H17NO4S/c1-10(13-14)11-5-3-6-12(9-11)17-7-4-8-18(2,15)16/h3,5-6,9,14H,4,7-8H2,1-2H3. The van der Waals surface area contributed by atoms with Gasteiger partial charge in [0.25, 0.3) is 0 Å². The average molecular weight is 271 g/mol. The van der Waals surface area contributed by atoms with Crippen LogP contribution in [0.5, 0.6) is 5.75 Å². The Balaban J connectivity index is 2.53. The molecule has 6 heteroatoms. The Bertz CT molecular complexity index is 523. The maximum absolute atomic E-state index is 10.9. The summed E-state index contributed by atoms with van der Waals surface area (Å²) in [5, 5.41) is 11.8. The first kappa shape index (κ1) is 14.5. The lowest BCUT2D eigenvalue weighted by atomic mass is 10.1. The van der Waals surface area contributed by atoms with E-state index < -0.39 is 9.84 Å². The van der Waals surface area contributed by atoms with Crippen molar-refractivity contribution in [1.29, 1.82) is 0 Å². The first-order valence-electron chi connectivity index (χ1n) is 5.52. The Morgan fingerprint density at radius 1 is 1.44 bits per heavy atom. The molecule has 0 aliphatic rings. The van der Waals surface area contributed by atoms with E-state index in [0.717, 1.165) is 5.56 Å². The van der Waals surface area contributed by atoms with Crippen LogP contribution in [0.3, 0.4) is 0 Å². The maximum Gasteiger partial charge on any atom is 0.147 e. The quantitative estimate of drug-likeness (QED) is 0.370. The van der Waals surface area contributed by atoms with Crippen LogP contribution in [0.25, 0.3) is 0 Å². The molecule has 0 heterocycles. The van der Waals surface area contributed by atoms with Gasteiger partial charge in [-0.1, -0.05) is 17.3 Å². The molecule has 1 rings (SSSR count). The summed E-state index contributed by atoms with van der Waals surface area (Å²) in [5.41, 5.74) is 1.26. The summed E-state index contributed by atoms with van der Waals surface area (Å²) < 4.78 is 27.3. The van der Waals surface area contributed by atoms with Crippen LogP contribution >= 0.6 is 0 Å². The molecule has 0 aliphatic carbocycles.